The van der Waals surface area contributed by atoms with Gasteiger partial charge in [0.15, 0.2) is 6.61 Å². The van der Waals surface area contributed by atoms with Gasteiger partial charge in [0.1, 0.15) is 17.5 Å². The molecule has 0 radical (unpaired) electrons. The number of carbonyl (C=O) groups is 2. The molecule has 1 aliphatic carbocycles. The van der Waals surface area contributed by atoms with Gasteiger partial charge in [0.25, 0.3) is 5.91 Å². The second-order valence-electron chi connectivity index (χ2n) is 8.48. The van der Waals surface area contributed by atoms with Crippen molar-refractivity contribution in [2.45, 2.75) is 64.6 Å². The lowest BCUT2D eigenvalue weighted by Gasteiger charge is -2.31. The Bertz CT molecular complexity index is 942. The molecule has 2 aromatic carbocycles. The molecule has 0 bridgehead atoms. The van der Waals surface area contributed by atoms with E-state index >= 15 is 0 Å². The fourth-order valence-electron chi connectivity index (χ4n) is 4.15. The molecule has 1 atom stereocenters. The molecule has 0 heterocycles. The van der Waals surface area contributed by atoms with Crippen molar-refractivity contribution in [3.05, 3.63) is 58.1 Å². The number of methoxy groups -OCH3 is 1. The van der Waals surface area contributed by atoms with Crippen LogP contribution >= 0.6 is 15.9 Å². The maximum Gasteiger partial charge on any atom is 0.261 e. The highest BCUT2D eigenvalue weighted by Gasteiger charge is 2.30. The van der Waals surface area contributed by atoms with E-state index in [1.165, 1.54) is 0 Å². The molecule has 0 spiro atoms. The van der Waals surface area contributed by atoms with E-state index < -0.39 is 6.04 Å². The quantitative estimate of drug-likeness (QED) is 0.481. The van der Waals surface area contributed by atoms with E-state index in [4.69, 9.17) is 9.47 Å². The van der Waals surface area contributed by atoms with Crippen LogP contribution in [0, 0.1) is 6.92 Å². The number of carbonyl (C=O) groups excluding carboxylic acids is 2. The molecule has 2 amide bonds. The second-order valence-corrected chi connectivity index (χ2v) is 9.34. The highest BCUT2D eigenvalue weighted by Crippen LogP contribution is 2.23. The molecular weight excluding hydrogens is 484 g/mol. The Morgan fingerprint density at radius 1 is 1.12 bits per heavy atom. The van der Waals surface area contributed by atoms with Crippen molar-refractivity contribution in [1.29, 1.82) is 0 Å². The van der Waals surface area contributed by atoms with Gasteiger partial charge in [-0.25, -0.2) is 0 Å². The molecule has 1 saturated carbocycles. The molecule has 7 heteroatoms. The van der Waals surface area contributed by atoms with Crippen LogP contribution in [0.15, 0.2) is 46.9 Å². The summed E-state index contributed by atoms with van der Waals surface area (Å²) in [5, 5.41) is 3.16. The molecule has 1 fully saturated rings. The monoisotopic (exact) mass is 516 g/mol. The van der Waals surface area contributed by atoms with Crippen LogP contribution in [0.5, 0.6) is 11.5 Å². The summed E-state index contributed by atoms with van der Waals surface area (Å²) >= 11 is 3.48. The summed E-state index contributed by atoms with van der Waals surface area (Å²) < 4.78 is 12.0. The summed E-state index contributed by atoms with van der Waals surface area (Å²) in [5.41, 5.74) is 1.95. The van der Waals surface area contributed by atoms with Gasteiger partial charge in [0, 0.05) is 17.1 Å². The van der Waals surface area contributed by atoms with E-state index in [2.05, 4.69) is 21.2 Å². The van der Waals surface area contributed by atoms with Crippen LogP contribution in [0.4, 0.5) is 0 Å². The van der Waals surface area contributed by atoms with E-state index in [0.29, 0.717) is 18.7 Å². The van der Waals surface area contributed by atoms with Crippen molar-refractivity contribution in [2.75, 3.05) is 13.7 Å². The smallest absolute Gasteiger partial charge is 0.261 e. The Labute approximate surface area is 204 Å². The molecule has 1 aliphatic rings. The topological polar surface area (TPSA) is 67.9 Å². The van der Waals surface area contributed by atoms with Gasteiger partial charge in [0.05, 0.1) is 7.11 Å². The highest BCUT2D eigenvalue weighted by atomic mass is 79.9. The lowest BCUT2D eigenvalue weighted by Crippen LogP contribution is -2.52. The first-order chi connectivity index (χ1) is 15.9. The Morgan fingerprint density at radius 3 is 2.39 bits per heavy atom. The zero-order valence-electron chi connectivity index (χ0n) is 19.6. The first-order valence-corrected chi connectivity index (χ1v) is 12.3. The number of halogens is 1. The summed E-state index contributed by atoms with van der Waals surface area (Å²) in [6.45, 7) is 4.09. The van der Waals surface area contributed by atoms with E-state index in [1.54, 1.807) is 12.0 Å². The minimum atomic E-state index is -0.560. The van der Waals surface area contributed by atoms with Gasteiger partial charge in [-0.15, -0.1) is 0 Å². The van der Waals surface area contributed by atoms with Gasteiger partial charge in [-0.3, -0.25) is 9.59 Å². The fraction of sp³-hybridized carbons (Fsp3) is 0.462. The standard InChI is InChI=1S/C26H33BrN2O4/c1-4-24(26(31)28-20-7-5-6-8-20)29(16-19-9-11-21(32-3)12-10-19)25(30)17-33-22-13-14-23(27)18(2)15-22/h9-15,20,24H,4-8,16-17H2,1-3H3,(H,28,31)/t24-/m0/s1. The van der Waals surface area contributed by atoms with E-state index in [1.807, 2.05) is 56.3 Å². The lowest BCUT2D eigenvalue weighted by atomic mass is 10.1. The second kappa shape index (κ2) is 12.1. The number of hydrogen-bond donors (Lipinski definition) is 1. The van der Waals surface area contributed by atoms with Gasteiger partial charge in [-0.1, -0.05) is 47.8 Å². The van der Waals surface area contributed by atoms with Gasteiger partial charge < -0.3 is 19.7 Å². The third-order valence-corrected chi connectivity index (χ3v) is 6.98. The Hall–Kier alpha value is -2.54. The van der Waals surface area contributed by atoms with E-state index in [-0.39, 0.29) is 24.5 Å². The van der Waals surface area contributed by atoms with Gasteiger partial charge in [0.2, 0.25) is 5.91 Å². The lowest BCUT2D eigenvalue weighted by molar-refractivity contribution is -0.143. The van der Waals surface area contributed by atoms with Crippen LogP contribution in [0.2, 0.25) is 0 Å². The van der Waals surface area contributed by atoms with E-state index in [0.717, 1.165) is 47.0 Å². The molecule has 178 valence electrons. The zero-order chi connectivity index (χ0) is 23.8. The zero-order valence-corrected chi connectivity index (χ0v) is 21.2. The maximum atomic E-state index is 13.3. The largest absolute Gasteiger partial charge is 0.497 e. The summed E-state index contributed by atoms with van der Waals surface area (Å²) in [6, 6.07) is 12.8. The Morgan fingerprint density at radius 2 is 1.79 bits per heavy atom. The highest BCUT2D eigenvalue weighted by molar-refractivity contribution is 9.10. The summed E-state index contributed by atoms with van der Waals surface area (Å²) in [4.78, 5) is 28.1. The third-order valence-electron chi connectivity index (χ3n) is 6.09. The van der Waals surface area contributed by atoms with Crippen LogP contribution in [-0.4, -0.2) is 42.5 Å². The number of nitrogens with zero attached hydrogens (tertiary/aromatic N) is 1. The molecule has 0 unspecified atom stereocenters. The van der Waals surface area contributed by atoms with Crippen molar-refractivity contribution >= 4 is 27.7 Å². The van der Waals surface area contributed by atoms with Crippen LogP contribution in [-0.2, 0) is 16.1 Å². The first kappa shape index (κ1) is 25.1. The predicted octanol–water partition coefficient (Wildman–Crippen LogP) is 5.01. The summed E-state index contributed by atoms with van der Waals surface area (Å²) in [7, 11) is 1.62. The number of hydrogen-bond acceptors (Lipinski definition) is 4. The van der Waals surface area contributed by atoms with Crippen LogP contribution in [0.1, 0.15) is 50.2 Å². The number of aryl methyl sites for hydroxylation is 1. The molecule has 0 aromatic heterocycles. The van der Waals surface area contributed by atoms with Crippen molar-refractivity contribution in [3.8, 4) is 11.5 Å². The molecular formula is C26H33BrN2O4. The molecule has 6 nitrogen and oxygen atoms in total. The summed E-state index contributed by atoms with van der Waals surface area (Å²) in [6.07, 6.45) is 4.80. The molecule has 1 N–H and O–H groups in total. The maximum absolute atomic E-state index is 13.3. The van der Waals surface area contributed by atoms with Gasteiger partial charge >= 0.3 is 0 Å². The Kier molecular flexibility index (Phi) is 9.18. The van der Waals surface area contributed by atoms with Crippen molar-refractivity contribution < 1.29 is 19.1 Å². The van der Waals surface area contributed by atoms with Crippen molar-refractivity contribution in [1.82, 2.24) is 10.2 Å². The molecule has 2 aromatic rings. The molecule has 33 heavy (non-hydrogen) atoms. The normalized spacial score (nSPS) is 14.5. The number of rotatable bonds is 10. The minimum Gasteiger partial charge on any atom is -0.497 e. The average molecular weight is 517 g/mol. The SMILES string of the molecule is CC[C@@H](C(=O)NC1CCCC1)N(Cc1ccc(OC)cc1)C(=O)COc1ccc(Br)c(C)c1. The van der Waals surface area contributed by atoms with Crippen LogP contribution < -0.4 is 14.8 Å². The van der Waals surface area contributed by atoms with Gasteiger partial charge in [-0.05, 0) is 67.6 Å². The van der Waals surface area contributed by atoms with Gasteiger partial charge in [-0.2, -0.15) is 0 Å². The average Bonchev–Trinajstić information content (AvgIpc) is 3.33. The fourth-order valence-corrected chi connectivity index (χ4v) is 4.40. The predicted molar refractivity (Wildman–Crippen MR) is 132 cm³/mol. The summed E-state index contributed by atoms with van der Waals surface area (Å²) in [5.74, 6) is 1.05. The number of amides is 2. The Balaban J connectivity index is 1.76. The molecule has 0 aliphatic heterocycles. The first-order valence-electron chi connectivity index (χ1n) is 11.5. The molecule has 3 rings (SSSR count). The minimum absolute atomic E-state index is 0.0919. The van der Waals surface area contributed by atoms with Crippen LogP contribution in [0.3, 0.4) is 0 Å². The third kappa shape index (κ3) is 6.97. The van der Waals surface area contributed by atoms with Crippen molar-refractivity contribution in [3.63, 3.8) is 0 Å². The molecule has 0 saturated heterocycles. The number of benzene rings is 2. The van der Waals surface area contributed by atoms with E-state index in [9.17, 15) is 9.59 Å². The number of nitrogens with one attached hydrogen (secondary N) is 1. The van der Waals surface area contributed by atoms with Crippen LogP contribution in [0.25, 0.3) is 0 Å². The number of ether oxygens (including phenoxy) is 2. The van der Waals surface area contributed by atoms with Crippen molar-refractivity contribution in [2.24, 2.45) is 0 Å².